The first-order valence-corrected chi connectivity index (χ1v) is 10.6. The van der Waals surface area contributed by atoms with Gasteiger partial charge in [0.15, 0.2) is 23.9 Å². The van der Waals surface area contributed by atoms with Gasteiger partial charge in [0, 0.05) is 11.1 Å². The van der Waals surface area contributed by atoms with Crippen LogP contribution >= 0.6 is 11.6 Å². The van der Waals surface area contributed by atoms with Gasteiger partial charge in [0.2, 0.25) is 0 Å². The molecule has 0 atom stereocenters. The van der Waals surface area contributed by atoms with Gasteiger partial charge in [-0.05, 0) is 54.3 Å². The van der Waals surface area contributed by atoms with Gasteiger partial charge < -0.3 is 14.8 Å². The maximum absolute atomic E-state index is 12.8. The lowest BCUT2D eigenvalue weighted by Gasteiger charge is -2.17. The topological polar surface area (TPSA) is 64.6 Å². The molecule has 0 radical (unpaired) electrons. The van der Waals surface area contributed by atoms with Crippen LogP contribution in [0.3, 0.4) is 0 Å². The Bertz CT molecular complexity index is 1200. The summed E-state index contributed by atoms with van der Waals surface area (Å²) in [5.74, 6) is 0.637. The van der Waals surface area contributed by atoms with Crippen LogP contribution in [-0.2, 0) is 11.2 Å². The number of benzene rings is 3. The van der Waals surface area contributed by atoms with Crippen LogP contribution in [0.1, 0.15) is 27.9 Å². The highest BCUT2D eigenvalue weighted by molar-refractivity contribution is 6.33. The minimum atomic E-state index is -0.335. The lowest BCUT2D eigenvalue weighted by atomic mass is 9.86. The number of halogens is 1. The average Bonchev–Trinajstić information content (AvgIpc) is 2.81. The van der Waals surface area contributed by atoms with E-state index in [9.17, 15) is 9.59 Å². The maximum atomic E-state index is 12.8. The van der Waals surface area contributed by atoms with E-state index in [4.69, 9.17) is 21.1 Å². The van der Waals surface area contributed by atoms with Gasteiger partial charge in [-0.2, -0.15) is 0 Å². The highest BCUT2D eigenvalue weighted by Crippen LogP contribution is 2.31. The fourth-order valence-electron chi connectivity index (χ4n) is 3.64. The van der Waals surface area contributed by atoms with E-state index in [-0.39, 0.29) is 18.3 Å². The number of allylic oxidation sites excluding steroid dienone is 1. The van der Waals surface area contributed by atoms with Crippen LogP contribution in [0.25, 0.3) is 6.08 Å². The van der Waals surface area contributed by atoms with E-state index in [0.29, 0.717) is 28.6 Å². The number of anilines is 1. The summed E-state index contributed by atoms with van der Waals surface area (Å²) in [4.78, 5) is 25.0. The zero-order valence-corrected chi connectivity index (χ0v) is 18.3. The maximum Gasteiger partial charge on any atom is 0.262 e. The summed E-state index contributed by atoms with van der Waals surface area (Å²) >= 11 is 6.06. The Morgan fingerprint density at radius 3 is 2.62 bits per heavy atom. The zero-order valence-electron chi connectivity index (χ0n) is 17.6. The molecule has 0 aromatic heterocycles. The van der Waals surface area contributed by atoms with Crippen molar-refractivity contribution in [2.24, 2.45) is 0 Å². The number of carbonyl (C=O) groups excluding carboxylic acids is 2. The molecular formula is C26H22ClNO4. The molecule has 3 aromatic rings. The van der Waals surface area contributed by atoms with Crippen molar-refractivity contribution in [3.63, 3.8) is 0 Å². The van der Waals surface area contributed by atoms with Gasteiger partial charge in [-0.15, -0.1) is 0 Å². The van der Waals surface area contributed by atoms with E-state index in [1.807, 2.05) is 36.4 Å². The van der Waals surface area contributed by atoms with Crippen molar-refractivity contribution in [2.45, 2.75) is 12.8 Å². The average molecular weight is 448 g/mol. The second-order valence-electron chi connectivity index (χ2n) is 7.38. The third-order valence-corrected chi connectivity index (χ3v) is 5.58. The molecule has 4 rings (SSSR count). The minimum absolute atomic E-state index is 0.0578. The second kappa shape index (κ2) is 9.71. The number of amides is 1. The van der Waals surface area contributed by atoms with Gasteiger partial charge in [0.1, 0.15) is 0 Å². The normalized spacial score (nSPS) is 14.1. The van der Waals surface area contributed by atoms with Gasteiger partial charge in [-0.3, -0.25) is 9.59 Å². The van der Waals surface area contributed by atoms with Crippen LogP contribution in [0.4, 0.5) is 5.69 Å². The van der Waals surface area contributed by atoms with Crippen molar-refractivity contribution < 1.29 is 19.1 Å². The number of para-hydroxylation sites is 1. The Morgan fingerprint density at radius 1 is 1.03 bits per heavy atom. The largest absolute Gasteiger partial charge is 0.493 e. The molecule has 0 bridgehead atoms. The van der Waals surface area contributed by atoms with Crippen LogP contribution in [0.5, 0.6) is 11.5 Å². The molecule has 0 fully saturated rings. The predicted octanol–water partition coefficient (Wildman–Crippen LogP) is 5.58. The number of fused-ring (bicyclic) bond motifs is 1. The van der Waals surface area contributed by atoms with Gasteiger partial charge >= 0.3 is 0 Å². The molecule has 0 aliphatic heterocycles. The molecule has 1 aliphatic carbocycles. The lowest BCUT2D eigenvalue weighted by Crippen LogP contribution is -2.20. The van der Waals surface area contributed by atoms with Crippen molar-refractivity contribution in [3.8, 4) is 11.5 Å². The Labute approximate surface area is 191 Å². The summed E-state index contributed by atoms with van der Waals surface area (Å²) in [6, 6.07) is 20.1. The van der Waals surface area contributed by atoms with Crippen molar-refractivity contribution in [1.29, 1.82) is 0 Å². The Hall–Kier alpha value is -3.57. The van der Waals surface area contributed by atoms with E-state index >= 15 is 0 Å². The molecule has 6 heteroatoms. The number of rotatable bonds is 6. The van der Waals surface area contributed by atoms with Crippen molar-refractivity contribution in [2.75, 3.05) is 19.0 Å². The molecule has 1 aliphatic rings. The standard InChI is InChI=1S/C26H22ClNO4/c1-31-24-15-17(14-19-12-11-18-6-2-3-7-20(18)26(19)30)10-13-23(24)32-16-25(29)28-22-9-5-4-8-21(22)27/h2-10,13-15H,11-12,16H2,1H3,(H,28,29). The second-order valence-corrected chi connectivity index (χ2v) is 7.79. The van der Waals surface area contributed by atoms with Gasteiger partial charge in [0.25, 0.3) is 5.91 Å². The Balaban J connectivity index is 1.45. The Morgan fingerprint density at radius 2 is 1.81 bits per heavy atom. The molecule has 32 heavy (non-hydrogen) atoms. The molecule has 5 nitrogen and oxygen atoms in total. The van der Waals surface area contributed by atoms with Gasteiger partial charge in [-0.25, -0.2) is 0 Å². The minimum Gasteiger partial charge on any atom is -0.493 e. The molecule has 0 saturated carbocycles. The van der Waals surface area contributed by atoms with Crippen LogP contribution in [-0.4, -0.2) is 25.4 Å². The van der Waals surface area contributed by atoms with E-state index in [1.54, 1.807) is 36.4 Å². The van der Waals surface area contributed by atoms with E-state index in [0.717, 1.165) is 28.7 Å². The first-order valence-electron chi connectivity index (χ1n) is 10.2. The molecule has 162 valence electrons. The predicted molar refractivity (Wildman–Crippen MR) is 126 cm³/mol. The summed E-state index contributed by atoms with van der Waals surface area (Å²) in [7, 11) is 1.53. The number of ether oxygens (including phenoxy) is 2. The number of aryl methyl sites for hydroxylation is 1. The van der Waals surface area contributed by atoms with Crippen molar-refractivity contribution in [1.82, 2.24) is 0 Å². The van der Waals surface area contributed by atoms with Crippen LogP contribution < -0.4 is 14.8 Å². The molecule has 1 N–H and O–H groups in total. The van der Waals surface area contributed by atoms with Crippen LogP contribution in [0, 0.1) is 0 Å². The number of methoxy groups -OCH3 is 1. The van der Waals surface area contributed by atoms with Crippen LogP contribution in [0.15, 0.2) is 72.3 Å². The summed E-state index contributed by atoms with van der Waals surface area (Å²) in [5, 5.41) is 3.17. The summed E-state index contributed by atoms with van der Waals surface area (Å²) in [6.07, 6.45) is 3.42. The highest BCUT2D eigenvalue weighted by Gasteiger charge is 2.21. The quantitative estimate of drug-likeness (QED) is 0.501. The smallest absolute Gasteiger partial charge is 0.262 e. The van der Waals surface area contributed by atoms with E-state index in [2.05, 4.69) is 5.32 Å². The number of hydrogen-bond donors (Lipinski definition) is 1. The van der Waals surface area contributed by atoms with Gasteiger partial charge in [0.05, 0.1) is 17.8 Å². The molecule has 0 spiro atoms. The molecule has 0 unspecified atom stereocenters. The lowest BCUT2D eigenvalue weighted by molar-refractivity contribution is -0.118. The number of nitrogens with one attached hydrogen (secondary N) is 1. The first-order chi connectivity index (χ1) is 15.5. The molecule has 3 aromatic carbocycles. The molecular weight excluding hydrogens is 426 g/mol. The van der Waals surface area contributed by atoms with Crippen LogP contribution in [0.2, 0.25) is 5.02 Å². The molecule has 0 saturated heterocycles. The third-order valence-electron chi connectivity index (χ3n) is 5.25. The number of carbonyl (C=O) groups is 2. The number of Topliss-reactive ketones (excluding diaryl/α,β-unsaturated/α-hetero) is 1. The molecule has 0 heterocycles. The van der Waals surface area contributed by atoms with Gasteiger partial charge in [-0.1, -0.05) is 54.1 Å². The van der Waals surface area contributed by atoms with Crippen molar-refractivity contribution in [3.05, 3.63) is 94.0 Å². The summed E-state index contributed by atoms with van der Waals surface area (Å²) < 4.78 is 11.1. The summed E-state index contributed by atoms with van der Waals surface area (Å²) in [6.45, 7) is -0.197. The third kappa shape index (κ3) is 4.84. The summed E-state index contributed by atoms with van der Waals surface area (Å²) in [5.41, 5.74) is 3.97. The molecule has 1 amide bonds. The zero-order chi connectivity index (χ0) is 22.5. The van der Waals surface area contributed by atoms with Crippen molar-refractivity contribution >= 4 is 35.1 Å². The first kappa shape index (κ1) is 21.7. The van der Waals surface area contributed by atoms with E-state index in [1.165, 1.54) is 7.11 Å². The monoisotopic (exact) mass is 447 g/mol. The fraction of sp³-hybridized carbons (Fsp3) is 0.154. The Kier molecular flexibility index (Phi) is 6.57. The fourth-order valence-corrected chi connectivity index (χ4v) is 3.82. The van der Waals surface area contributed by atoms with E-state index < -0.39 is 0 Å². The number of ketones is 1. The SMILES string of the molecule is COc1cc(C=C2CCc3ccccc3C2=O)ccc1OCC(=O)Nc1ccccc1Cl. The highest BCUT2D eigenvalue weighted by atomic mass is 35.5. The number of hydrogen-bond acceptors (Lipinski definition) is 4.